The van der Waals surface area contributed by atoms with Crippen LogP contribution in [-0.4, -0.2) is 24.2 Å². The molecule has 1 saturated heterocycles. The normalized spacial score (nSPS) is 26.6. The van der Waals surface area contributed by atoms with Crippen LogP contribution in [-0.2, 0) is 4.79 Å². The Morgan fingerprint density at radius 1 is 1.57 bits per heavy atom. The van der Waals surface area contributed by atoms with Crippen molar-refractivity contribution in [1.29, 1.82) is 0 Å². The van der Waals surface area contributed by atoms with Gasteiger partial charge < -0.3 is 10.4 Å². The lowest BCUT2D eigenvalue weighted by molar-refractivity contribution is -0.141. The first-order valence-electron chi connectivity index (χ1n) is 4.37. The summed E-state index contributed by atoms with van der Waals surface area (Å²) in [4.78, 5) is 12.1. The molecule has 3 nitrogen and oxygen atoms in total. The maximum Gasteiger partial charge on any atom is 0.308 e. The van der Waals surface area contributed by atoms with Gasteiger partial charge in [-0.3, -0.25) is 4.79 Å². The third-order valence-electron chi connectivity index (χ3n) is 2.49. The fourth-order valence-electron chi connectivity index (χ4n) is 1.76. The van der Waals surface area contributed by atoms with Gasteiger partial charge in [0.05, 0.1) is 9.70 Å². The molecule has 5 heteroatoms. The number of nitrogens with one attached hydrogen (secondary N) is 1. The van der Waals surface area contributed by atoms with E-state index in [9.17, 15) is 4.79 Å². The number of carboxylic acids is 1. The predicted octanol–water partition coefficient (Wildman–Crippen LogP) is 1.90. The van der Waals surface area contributed by atoms with E-state index in [2.05, 4.69) is 21.2 Å². The number of hydrogen-bond donors (Lipinski definition) is 2. The minimum atomic E-state index is -0.704. The van der Waals surface area contributed by atoms with Crippen molar-refractivity contribution in [3.63, 3.8) is 0 Å². The Morgan fingerprint density at radius 2 is 2.36 bits per heavy atom. The van der Waals surface area contributed by atoms with E-state index in [0.717, 1.165) is 15.2 Å². The number of halogens is 1. The van der Waals surface area contributed by atoms with Crippen molar-refractivity contribution >= 4 is 33.2 Å². The highest BCUT2D eigenvalue weighted by Crippen LogP contribution is 2.34. The van der Waals surface area contributed by atoms with Crippen LogP contribution in [0.3, 0.4) is 0 Å². The van der Waals surface area contributed by atoms with Crippen molar-refractivity contribution in [2.24, 2.45) is 5.92 Å². The average Bonchev–Trinajstić information content (AvgIpc) is 2.70. The summed E-state index contributed by atoms with van der Waals surface area (Å²) in [7, 11) is 0. The Morgan fingerprint density at radius 3 is 2.93 bits per heavy atom. The molecule has 0 radical (unpaired) electrons. The second-order valence-corrected chi connectivity index (χ2v) is 5.85. The highest BCUT2D eigenvalue weighted by atomic mass is 79.9. The van der Waals surface area contributed by atoms with Gasteiger partial charge in [0, 0.05) is 23.9 Å². The van der Waals surface area contributed by atoms with Gasteiger partial charge in [-0.05, 0) is 28.1 Å². The van der Waals surface area contributed by atoms with E-state index < -0.39 is 5.97 Å². The lowest BCUT2D eigenvalue weighted by atomic mass is 9.95. The standard InChI is InChI=1S/C9H10BrNO2S/c10-8-2-1-7(14-8)5-3-11-4-6(5)9(12)13/h1-2,5-6,11H,3-4H2,(H,12,13). The summed E-state index contributed by atoms with van der Waals surface area (Å²) in [6.07, 6.45) is 0. The van der Waals surface area contributed by atoms with Gasteiger partial charge in [-0.2, -0.15) is 0 Å². The van der Waals surface area contributed by atoms with Crippen molar-refractivity contribution in [3.05, 3.63) is 20.8 Å². The van der Waals surface area contributed by atoms with Gasteiger partial charge in [-0.25, -0.2) is 0 Å². The molecule has 1 fully saturated rings. The van der Waals surface area contributed by atoms with Gasteiger partial charge in [0.1, 0.15) is 0 Å². The largest absolute Gasteiger partial charge is 0.481 e. The lowest BCUT2D eigenvalue weighted by Gasteiger charge is -2.11. The number of carboxylic acid groups (broad SMARTS) is 1. The second-order valence-electron chi connectivity index (χ2n) is 3.35. The summed E-state index contributed by atoms with van der Waals surface area (Å²) in [6, 6.07) is 3.97. The average molecular weight is 276 g/mol. The van der Waals surface area contributed by atoms with Crippen LogP contribution >= 0.6 is 27.3 Å². The van der Waals surface area contributed by atoms with Crippen LogP contribution in [0.2, 0.25) is 0 Å². The molecular formula is C9H10BrNO2S. The van der Waals surface area contributed by atoms with Crippen molar-refractivity contribution in [2.45, 2.75) is 5.92 Å². The number of aliphatic carboxylic acids is 1. The Labute approximate surface area is 94.3 Å². The molecule has 1 aromatic heterocycles. The van der Waals surface area contributed by atoms with Gasteiger partial charge in [-0.1, -0.05) is 0 Å². The van der Waals surface area contributed by atoms with Crippen molar-refractivity contribution in [3.8, 4) is 0 Å². The quantitative estimate of drug-likeness (QED) is 0.867. The first-order valence-corrected chi connectivity index (χ1v) is 5.98. The molecule has 2 heterocycles. The topological polar surface area (TPSA) is 49.3 Å². The molecule has 0 aliphatic carbocycles. The summed E-state index contributed by atoms with van der Waals surface area (Å²) in [6.45, 7) is 1.35. The lowest BCUT2D eigenvalue weighted by Crippen LogP contribution is -2.20. The van der Waals surface area contributed by atoms with E-state index >= 15 is 0 Å². The first-order chi connectivity index (χ1) is 6.68. The fraction of sp³-hybridized carbons (Fsp3) is 0.444. The summed E-state index contributed by atoms with van der Waals surface area (Å²) in [5, 5.41) is 12.1. The van der Waals surface area contributed by atoms with Crippen molar-refractivity contribution in [1.82, 2.24) is 5.32 Å². The minimum absolute atomic E-state index is 0.129. The molecule has 14 heavy (non-hydrogen) atoms. The third kappa shape index (κ3) is 1.85. The molecule has 0 aromatic carbocycles. The molecule has 2 rings (SSSR count). The Balaban J connectivity index is 2.21. The van der Waals surface area contributed by atoms with Gasteiger partial charge in [0.25, 0.3) is 0 Å². The fourth-order valence-corrected chi connectivity index (χ4v) is 3.35. The second kappa shape index (κ2) is 4.00. The summed E-state index contributed by atoms with van der Waals surface area (Å²) in [5.41, 5.74) is 0. The molecule has 76 valence electrons. The van der Waals surface area contributed by atoms with E-state index in [1.807, 2.05) is 12.1 Å². The van der Waals surface area contributed by atoms with E-state index in [0.29, 0.717) is 6.54 Å². The number of thiophene rings is 1. The van der Waals surface area contributed by atoms with E-state index in [1.54, 1.807) is 11.3 Å². The molecule has 2 N–H and O–H groups in total. The molecule has 1 aromatic rings. The Kier molecular flexibility index (Phi) is 2.90. The molecule has 0 spiro atoms. The maximum absolute atomic E-state index is 10.9. The Bertz CT molecular complexity index is 352. The number of rotatable bonds is 2. The minimum Gasteiger partial charge on any atom is -0.481 e. The number of carbonyl (C=O) groups is 1. The summed E-state index contributed by atoms with van der Waals surface area (Å²) >= 11 is 5.01. The van der Waals surface area contributed by atoms with E-state index in [4.69, 9.17) is 5.11 Å². The SMILES string of the molecule is O=C(O)C1CNCC1c1ccc(Br)s1. The highest BCUT2D eigenvalue weighted by molar-refractivity contribution is 9.11. The molecule has 0 amide bonds. The molecule has 1 aliphatic heterocycles. The molecule has 0 bridgehead atoms. The van der Waals surface area contributed by atoms with Gasteiger partial charge >= 0.3 is 5.97 Å². The van der Waals surface area contributed by atoms with Crippen LogP contribution in [0.5, 0.6) is 0 Å². The molecule has 0 saturated carbocycles. The van der Waals surface area contributed by atoms with E-state index in [1.165, 1.54) is 0 Å². The van der Waals surface area contributed by atoms with Crippen LogP contribution in [0.4, 0.5) is 0 Å². The Hall–Kier alpha value is -0.390. The van der Waals surface area contributed by atoms with Gasteiger partial charge in [-0.15, -0.1) is 11.3 Å². The molecule has 2 unspecified atom stereocenters. The van der Waals surface area contributed by atoms with Crippen LogP contribution in [0.15, 0.2) is 15.9 Å². The molecular weight excluding hydrogens is 266 g/mol. The maximum atomic E-state index is 10.9. The summed E-state index contributed by atoms with van der Waals surface area (Å²) in [5.74, 6) is -0.853. The van der Waals surface area contributed by atoms with Gasteiger partial charge in [0.15, 0.2) is 0 Å². The van der Waals surface area contributed by atoms with Crippen LogP contribution in [0.25, 0.3) is 0 Å². The molecule has 1 aliphatic rings. The van der Waals surface area contributed by atoms with Gasteiger partial charge in [0.2, 0.25) is 0 Å². The third-order valence-corrected chi connectivity index (χ3v) is 4.25. The first kappa shape index (κ1) is 10.1. The van der Waals surface area contributed by atoms with Crippen LogP contribution in [0, 0.1) is 5.92 Å². The zero-order chi connectivity index (χ0) is 10.1. The van der Waals surface area contributed by atoms with Crippen LogP contribution < -0.4 is 5.32 Å². The van der Waals surface area contributed by atoms with Crippen LogP contribution in [0.1, 0.15) is 10.8 Å². The zero-order valence-corrected chi connectivity index (χ0v) is 9.77. The monoisotopic (exact) mass is 275 g/mol. The predicted molar refractivity (Wildman–Crippen MR) is 58.8 cm³/mol. The van der Waals surface area contributed by atoms with Crippen molar-refractivity contribution < 1.29 is 9.90 Å². The van der Waals surface area contributed by atoms with E-state index in [-0.39, 0.29) is 11.8 Å². The highest BCUT2D eigenvalue weighted by Gasteiger charge is 2.34. The van der Waals surface area contributed by atoms with Crippen molar-refractivity contribution in [2.75, 3.05) is 13.1 Å². The number of hydrogen-bond acceptors (Lipinski definition) is 3. The smallest absolute Gasteiger partial charge is 0.308 e. The zero-order valence-electron chi connectivity index (χ0n) is 7.37. The molecule has 2 atom stereocenters. The summed E-state index contributed by atoms with van der Waals surface area (Å²) < 4.78 is 1.06.